The van der Waals surface area contributed by atoms with E-state index in [1.54, 1.807) is 4.31 Å². The second-order valence-electron chi connectivity index (χ2n) is 8.72. The van der Waals surface area contributed by atoms with Crippen LogP contribution in [0.15, 0.2) is 58.3 Å². The molecule has 3 rings (SSSR count). The lowest BCUT2D eigenvalue weighted by atomic mass is 9.86. The van der Waals surface area contributed by atoms with Crippen molar-refractivity contribution in [3.05, 3.63) is 54.1 Å². The van der Waals surface area contributed by atoms with Crippen molar-refractivity contribution in [1.29, 1.82) is 0 Å². The molecule has 2 atom stereocenters. The van der Waals surface area contributed by atoms with Gasteiger partial charge in [-0.15, -0.1) is 0 Å². The summed E-state index contributed by atoms with van der Waals surface area (Å²) in [6.45, 7) is 4.85. The Kier molecular flexibility index (Phi) is 8.21. The van der Waals surface area contributed by atoms with Crippen LogP contribution in [0.5, 0.6) is 5.75 Å². The van der Waals surface area contributed by atoms with Gasteiger partial charge in [0, 0.05) is 26.7 Å². The summed E-state index contributed by atoms with van der Waals surface area (Å²) in [5.74, 6) is 0.990. The molecule has 0 aromatic heterocycles. The molecular weight excluding hydrogens is 460 g/mol. The quantitative estimate of drug-likeness (QED) is 0.524. The Morgan fingerprint density at radius 1 is 0.848 bits per heavy atom. The van der Waals surface area contributed by atoms with Gasteiger partial charge in [0.15, 0.2) is 0 Å². The topological polar surface area (TPSA) is 84.0 Å². The zero-order valence-corrected chi connectivity index (χ0v) is 21.4. The van der Waals surface area contributed by atoms with Gasteiger partial charge in [0.25, 0.3) is 0 Å². The first-order valence-electron chi connectivity index (χ1n) is 11.3. The molecular formula is C24H34N2O5S2. The second kappa shape index (κ2) is 10.5. The lowest BCUT2D eigenvalue weighted by Gasteiger charge is -2.37. The average molecular weight is 495 g/mol. The van der Waals surface area contributed by atoms with Crippen LogP contribution < -0.4 is 4.74 Å². The summed E-state index contributed by atoms with van der Waals surface area (Å²) in [5, 5.41) is 0. The predicted octanol–water partition coefficient (Wildman–Crippen LogP) is 4.11. The van der Waals surface area contributed by atoms with Gasteiger partial charge in [0.05, 0.1) is 16.4 Å². The molecule has 0 aliphatic heterocycles. The molecule has 2 aromatic carbocycles. The summed E-state index contributed by atoms with van der Waals surface area (Å²) >= 11 is 0. The van der Waals surface area contributed by atoms with Gasteiger partial charge in [-0.3, -0.25) is 0 Å². The van der Waals surface area contributed by atoms with Gasteiger partial charge in [-0.2, -0.15) is 4.31 Å². The minimum Gasteiger partial charge on any atom is -0.494 e. The first-order chi connectivity index (χ1) is 15.6. The molecule has 0 amide bonds. The highest BCUT2D eigenvalue weighted by Gasteiger charge is 2.36. The molecule has 1 saturated carbocycles. The van der Waals surface area contributed by atoms with Gasteiger partial charge < -0.3 is 4.74 Å². The van der Waals surface area contributed by atoms with Crippen molar-refractivity contribution in [3.63, 3.8) is 0 Å². The maximum Gasteiger partial charge on any atom is 0.243 e. The average Bonchev–Trinajstić information content (AvgIpc) is 2.79. The summed E-state index contributed by atoms with van der Waals surface area (Å²) in [6, 6.07) is 12.9. The number of sulfonamides is 2. The highest BCUT2D eigenvalue weighted by atomic mass is 32.2. The van der Waals surface area contributed by atoms with E-state index >= 15 is 0 Å². The van der Waals surface area contributed by atoms with Crippen molar-refractivity contribution in [2.75, 3.05) is 20.7 Å². The first-order valence-corrected chi connectivity index (χ1v) is 14.2. The van der Waals surface area contributed by atoms with Gasteiger partial charge in [-0.1, -0.05) is 31.9 Å². The fourth-order valence-electron chi connectivity index (χ4n) is 4.27. The summed E-state index contributed by atoms with van der Waals surface area (Å²) in [5.41, 5.74) is 0.881. The Hall–Kier alpha value is -1.94. The van der Waals surface area contributed by atoms with Crippen molar-refractivity contribution in [2.24, 2.45) is 5.92 Å². The Morgan fingerprint density at radius 2 is 1.39 bits per heavy atom. The molecule has 0 radical (unpaired) electrons. The number of hydrogen-bond donors (Lipinski definition) is 0. The van der Waals surface area contributed by atoms with E-state index in [1.807, 2.05) is 31.2 Å². The SMILES string of the molecule is CCOc1ccc(CN([C@@H]2CCCC[C@@H]2C)S(=O)(=O)c2ccc(S(=O)(=O)N(C)C)cc2)cc1. The Morgan fingerprint density at radius 3 is 1.91 bits per heavy atom. The van der Waals surface area contributed by atoms with Crippen LogP contribution in [0.4, 0.5) is 0 Å². The van der Waals surface area contributed by atoms with Crippen molar-refractivity contribution < 1.29 is 21.6 Å². The predicted molar refractivity (Wildman–Crippen MR) is 129 cm³/mol. The highest BCUT2D eigenvalue weighted by molar-refractivity contribution is 7.89. The normalized spacial score (nSPS) is 19.7. The fourth-order valence-corrected chi connectivity index (χ4v) is 6.91. The van der Waals surface area contributed by atoms with E-state index in [2.05, 4.69) is 6.92 Å². The van der Waals surface area contributed by atoms with Gasteiger partial charge in [-0.25, -0.2) is 21.1 Å². The van der Waals surface area contributed by atoms with E-state index in [0.29, 0.717) is 6.61 Å². The highest BCUT2D eigenvalue weighted by Crippen LogP contribution is 2.33. The van der Waals surface area contributed by atoms with E-state index in [4.69, 9.17) is 4.74 Å². The lowest BCUT2D eigenvalue weighted by molar-refractivity contribution is 0.185. The van der Waals surface area contributed by atoms with Gasteiger partial charge in [0.1, 0.15) is 5.75 Å². The van der Waals surface area contributed by atoms with Crippen molar-refractivity contribution in [2.45, 2.75) is 61.9 Å². The zero-order chi connectivity index (χ0) is 24.2. The van der Waals surface area contributed by atoms with Crippen LogP contribution in [0, 0.1) is 5.92 Å². The molecule has 9 heteroatoms. The van der Waals surface area contributed by atoms with Crippen molar-refractivity contribution in [1.82, 2.24) is 8.61 Å². The lowest BCUT2D eigenvalue weighted by Crippen LogP contribution is -2.44. The van der Waals surface area contributed by atoms with E-state index < -0.39 is 20.0 Å². The van der Waals surface area contributed by atoms with E-state index in [0.717, 1.165) is 41.3 Å². The number of nitrogens with zero attached hydrogens (tertiary/aromatic N) is 2. The maximum atomic E-state index is 13.8. The summed E-state index contributed by atoms with van der Waals surface area (Å²) in [4.78, 5) is 0.166. The minimum absolute atomic E-state index is 0.0653. The molecule has 0 heterocycles. The molecule has 182 valence electrons. The molecule has 7 nitrogen and oxygen atoms in total. The fraction of sp³-hybridized carbons (Fsp3) is 0.500. The molecule has 0 spiro atoms. The van der Waals surface area contributed by atoms with Crippen LogP contribution in [0.25, 0.3) is 0 Å². The molecule has 0 saturated heterocycles. The second-order valence-corrected chi connectivity index (χ2v) is 12.8. The van der Waals surface area contributed by atoms with Crippen LogP contribution in [-0.2, 0) is 26.6 Å². The Bertz CT molecular complexity index is 1130. The number of ether oxygens (including phenoxy) is 1. The van der Waals surface area contributed by atoms with Crippen molar-refractivity contribution >= 4 is 20.0 Å². The van der Waals surface area contributed by atoms with Gasteiger partial charge in [-0.05, 0) is 67.6 Å². The molecule has 1 aliphatic rings. The molecule has 1 fully saturated rings. The van der Waals surface area contributed by atoms with Gasteiger partial charge in [0.2, 0.25) is 20.0 Å². The largest absolute Gasteiger partial charge is 0.494 e. The van der Waals surface area contributed by atoms with Crippen LogP contribution in [0.1, 0.15) is 45.1 Å². The van der Waals surface area contributed by atoms with Crippen molar-refractivity contribution in [3.8, 4) is 5.75 Å². The third kappa shape index (κ3) is 5.77. The summed E-state index contributed by atoms with van der Waals surface area (Å²) in [6.07, 6.45) is 3.89. The molecule has 2 aromatic rings. The number of hydrogen-bond acceptors (Lipinski definition) is 5. The Balaban J connectivity index is 1.96. The van der Waals surface area contributed by atoms with Gasteiger partial charge >= 0.3 is 0 Å². The third-order valence-corrected chi connectivity index (χ3v) is 9.93. The van der Waals surface area contributed by atoms with Crippen LogP contribution >= 0.6 is 0 Å². The monoisotopic (exact) mass is 494 g/mol. The molecule has 0 bridgehead atoms. The number of rotatable bonds is 9. The maximum absolute atomic E-state index is 13.8. The first kappa shape index (κ1) is 25.7. The Labute approximate surface area is 198 Å². The summed E-state index contributed by atoms with van der Waals surface area (Å²) in [7, 11) is -4.58. The van der Waals surface area contributed by atoms with E-state index in [1.165, 1.54) is 38.4 Å². The zero-order valence-electron chi connectivity index (χ0n) is 19.8. The third-order valence-electron chi connectivity index (χ3n) is 6.22. The molecule has 1 aliphatic carbocycles. The van der Waals surface area contributed by atoms with E-state index in [9.17, 15) is 16.8 Å². The smallest absolute Gasteiger partial charge is 0.243 e. The molecule has 33 heavy (non-hydrogen) atoms. The van der Waals surface area contributed by atoms with E-state index in [-0.39, 0.29) is 28.3 Å². The minimum atomic E-state index is -3.84. The molecule has 0 N–H and O–H groups in total. The van der Waals surface area contributed by atoms with Crippen LogP contribution in [-0.4, -0.2) is 52.2 Å². The molecule has 0 unspecified atom stereocenters. The van der Waals surface area contributed by atoms with Crippen LogP contribution in [0.2, 0.25) is 0 Å². The number of benzene rings is 2. The van der Waals surface area contributed by atoms with Crippen LogP contribution in [0.3, 0.4) is 0 Å². The standard InChI is InChI=1S/C24H34N2O5S2/c1-5-31-21-12-10-20(11-13-21)18-26(24-9-7-6-8-19(24)2)33(29,30)23-16-14-22(15-17-23)32(27,28)25(3)4/h10-17,19,24H,5-9,18H2,1-4H3/t19-,24+/m0/s1. The summed E-state index contributed by atoms with van der Waals surface area (Å²) < 4.78 is 60.6.